The van der Waals surface area contributed by atoms with Crippen molar-refractivity contribution >= 4 is 39.0 Å². The van der Waals surface area contributed by atoms with Crippen molar-refractivity contribution in [3.05, 3.63) is 58.9 Å². The Morgan fingerprint density at radius 1 is 1.29 bits per heavy atom. The zero-order valence-corrected chi connectivity index (χ0v) is 17.0. The number of carbonyl (C=O) groups excluding carboxylic acids is 1. The van der Waals surface area contributed by atoms with Gasteiger partial charge in [0, 0.05) is 28.7 Å². The summed E-state index contributed by atoms with van der Waals surface area (Å²) >= 11 is 1.49. The minimum Gasteiger partial charge on any atom is -0.346 e. The predicted octanol–water partition coefficient (Wildman–Crippen LogP) is 4.73. The standard InChI is InChI=1S/C21H21N5OS/c1-13-18(21(2,3)4)28-20(25-13)26-17(27)8-10-24-19-16-11-14(12-22)5-6-15(16)7-9-23-19/h5-11H,1-4H3,(H,23,24)(H,25,26,27). The van der Waals surface area contributed by atoms with E-state index in [9.17, 15) is 4.79 Å². The number of benzene rings is 1. The number of nitrogens with one attached hydrogen (secondary N) is 2. The number of fused-ring (bicyclic) bond motifs is 1. The molecule has 28 heavy (non-hydrogen) atoms. The number of hydrogen-bond donors (Lipinski definition) is 2. The van der Waals surface area contributed by atoms with Gasteiger partial charge >= 0.3 is 0 Å². The molecule has 2 heterocycles. The third kappa shape index (κ3) is 4.35. The van der Waals surface area contributed by atoms with Crippen LogP contribution in [0.2, 0.25) is 0 Å². The molecule has 6 nitrogen and oxygen atoms in total. The van der Waals surface area contributed by atoms with E-state index >= 15 is 0 Å². The first kappa shape index (κ1) is 19.5. The number of thiazole rings is 1. The number of amides is 1. The Kier molecular flexibility index (Phi) is 5.43. The maximum absolute atomic E-state index is 12.2. The molecule has 3 rings (SSSR count). The number of rotatable bonds is 4. The largest absolute Gasteiger partial charge is 0.346 e. The molecule has 0 saturated heterocycles. The predicted molar refractivity (Wildman–Crippen MR) is 113 cm³/mol. The number of hydrogen-bond acceptors (Lipinski definition) is 6. The fourth-order valence-electron chi connectivity index (χ4n) is 2.84. The summed E-state index contributed by atoms with van der Waals surface area (Å²) in [5, 5.41) is 17.3. The van der Waals surface area contributed by atoms with Crippen LogP contribution < -0.4 is 10.6 Å². The molecule has 0 aliphatic heterocycles. The van der Waals surface area contributed by atoms with Crippen LogP contribution in [0.15, 0.2) is 42.7 Å². The second-order valence-corrected chi connectivity index (χ2v) is 8.36. The van der Waals surface area contributed by atoms with Crippen LogP contribution in [0.3, 0.4) is 0 Å². The molecular weight excluding hydrogens is 370 g/mol. The van der Waals surface area contributed by atoms with Crippen molar-refractivity contribution in [2.75, 3.05) is 10.6 Å². The first-order valence-corrected chi connectivity index (χ1v) is 9.60. The molecule has 3 aromatic rings. The van der Waals surface area contributed by atoms with E-state index in [1.54, 1.807) is 18.3 Å². The van der Waals surface area contributed by atoms with Gasteiger partial charge in [0.25, 0.3) is 5.91 Å². The Morgan fingerprint density at radius 2 is 2.07 bits per heavy atom. The average Bonchev–Trinajstić information content (AvgIpc) is 3.02. The van der Waals surface area contributed by atoms with Crippen molar-refractivity contribution in [1.82, 2.24) is 9.97 Å². The summed E-state index contributed by atoms with van der Waals surface area (Å²) in [6.07, 6.45) is 4.60. The topological polar surface area (TPSA) is 90.7 Å². The lowest BCUT2D eigenvalue weighted by atomic mass is 9.94. The summed E-state index contributed by atoms with van der Waals surface area (Å²) in [5.41, 5.74) is 1.48. The minimum absolute atomic E-state index is 0.00949. The zero-order valence-electron chi connectivity index (χ0n) is 16.2. The van der Waals surface area contributed by atoms with Gasteiger partial charge in [-0.2, -0.15) is 5.26 Å². The number of aryl methyl sites for hydroxylation is 1. The van der Waals surface area contributed by atoms with Crippen LogP contribution in [0.4, 0.5) is 10.9 Å². The van der Waals surface area contributed by atoms with E-state index in [4.69, 9.17) is 5.26 Å². The van der Waals surface area contributed by atoms with Crippen molar-refractivity contribution in [3.8, 4) is 6.07 Å². The highest BCUT2D eigenvalue weighted by atomic mass is 32.1. The SMILES string of the molecule is Cc1nc(NC(=O)C=CNc2nccc3ccc(C#N)cc23)sc1C(C)(C)C. The normalized spacial score (nSPS) is 11.5. The van der Waals surface area contributed by atoms with E-state index in [0.717, 1.165) is 21.3 Å². The number of anilines is 2. The van der Waals surface area contributed by atoms with E-state index in [0.29, 0.717) is 16.5 Å². The molecule has 0 spiro atoms. The first-order chi connectivity index (χ1) is 13.3. The summed E-state index contributed by atoms with van der Waals surface area (Å²) in [6, 6.07) is 9.39. The number of nitriles is 1. The van der Waals surface area contributed by atoms with Gasteiger partial charge < -0.3 is 5.32 Å². The van der Waals surface area contributed by atoms with Gasteiger partial charge in [-0.1, -0.05) is 26.8 Å². The van der Waals surface area contributed by atoms with Gasteiger partial charge in [-0.15, -0.1) is 11.3 Å². The fourth-order valence-corrected chi connectivity index (χ4v) is 3.87. The van der Waals surface area contributed by atoms with Crippen molar-refractivity contribution in [3.63, 3.8) is 0 Å². The quantitative estimate of drug-likeness (QED) is 0.627. The summed E-state index contributed by atoms with van der Waals surface area (Å²) in [5.74, 6) is 0.304. The Morgan fingerprint density at radius 3 is 2.75 bits per heavy atom. The lowest BCUT2D eigenvalue weighted by Crippen LogP contribution is -2.10. The van der Waals surface area contributed by atoms with Crippen LogP contribution in [0.25, 0.3) is 10.8 Å². The average molecular weight is 392 g/mol. The third-order valence-electron chi connectivity index (χ3n) is 4.06. The number of pyridine rings is 1. The molecule has 7 heteroatoms. The molecule has 1 aromatic carbocycles. The number of aromatic nitrogens is 2. The van der Waals surface area contributed by atoms with E-state index < -0.39 is 0 Å². The molecule has 2 aromatic heterocycles. The highest BCUT2D eigenvalue weighted by Gasteiger charge is 2.21. The van der Waals surface area contributed by atoms with Crippen LogP contribution in [0.1, 0.15) is 36.9 Å². The lowest BCUT2D eigenvalue weighted by Gasteiger charge is -2.16. The van der Waals surface area contributed by atoms with Crippen molar-refractivity contribution in [1.29, 1.82) is 5.26 Å². The van der Waals surface area contributed by atoms with Gasteiger partial charge in [-0.05, 0) is 35.9 Å². The number of nitrogens with zero attached hydrogens (tertiary/aromatic N) is 3. The molecule has 2 N–H and O–H groups in total. The monoisotopic (exact) mass is 391 g/mol. The molecule has 0 atom stereocenters. The molecule has 0 radical (unpaired) electrons. The van der Waals surface area contributed by atoms with Gasteiger partial charge in [0.05, 0.1) is 17.3 Å². The highest BCUT2D eigenvalue weighted by molar-refractivity contribution is 7.16. The summed E-state index contributed by atoms with van der Waals surface area (Å²) in [7, 11) is 0. The maximum atomic E-state index is 12.2. The van der Waals surface area contributed by atoms with Crippen molar-refractivity contribution in [2.45, 2.75) is 33.1 Å². The number of carbonyl (C=O) groups is 1. The van der Waals surface area contributed by atoms with E-state index in [2.05, 4.69) is 47.4 Å². The van der Waals surface area contributed by atoms with Gasteiger partial charge in [-0.25, -0.2) is 9.97 Å². The molecule has 0 aliphatic rings. The Balaban J connectivity index is 1.71. The first-order valence-electron chi connectivity index (χ1n) is 8.79. The minimum atomic E-state index is -0.278. The maximum Gasteiger partial charge on any atom is 0.251 e. The van der Waals surface area contributed by atoms with Gasteiger partial charge in [-0.3, -0.25) is 10.1 Å². The molecule has 0 fully saturated rings. The second kappa shape index (κ2) is 7.79. The van der Waals surface area contributed by atoms with Crippen molar-refractivity contribution in [2.24, 2.45) is 0 Å². The third-order valence-corrected chi connectivity index (χ3v) is 5.56. The van der Waals surface area contributed by atoms with Crippen molar-refractivity contribution < 1.29 is 4.79 Å². The van der Waals surface area contributed by atoms with Crippen LogP contribution >= 0.6 is 11.3 Å². The Hall–Kier alpha value is -3.24. The fraction of sp³-hybridized carbons (Fsp3) is 0.238. The molecular formula is C21H21N5OS. The molecule has 0 saturated carbocycles. The van der Waals surface area contributed by atoms with Gasteiger partial charge in [0.2, 0.25) is 0 Å². The zero-order chi connectivity index (χ0) is 20.3. The summed E-state index contributed by atoms with van der Waals surface area (Å²) in [6.45, 7) is 8.32. The van der Waals surface area contributed by atoms with Gasteiger partial charge in [0.1, 0.15) is 5.82 Å². The lowest BCUT2D eigenvalue weighted by molar-refractivity contribution is -0.111. The molecule has 142 valence electrons. The van der Waals surface area contributed by atoms with E-state index in [-0.39, 0.29) is 11.3 Å². The smallest absolute Gasteiger partial charge is 0.251 e. The summed E-state index contributed by atoms with van der Waals surface area (Å²) < 4.78 is 0. The molecule has 0 unspecified atom stereocenters. The second-order valence-electron chi connectivity index (χ2n) is 7.36. The highest BCUT2D eigenvalue weighted by Crippen LogP contribution is 2.33. The summed E-state index contributed by atoms with van der Waals surface area (Å²) in [4.78, 5) is 22.1. The Labute approximate surface area is 167 Å². The van der Waals surface area contributed by atoms with Crippen LogP contribution in [-0.2, 0) is 10.2 Å². The van der Waals surface area contributed by atoms with Crippen LogP contribution in [0, 0.1) is 18.3 Å². The van der Waals surface area contributed by atoms with E-state index in [1.165, 1.54) is 23.6 Å². The molecule has 1 amide bonds. The van der Waals surface area contributed by atoms with Crippen LogP contribution in [0.5, 0.6) is 0 Å². The molecule has 0 aliphatic carbocycles. The van der Waals surface area contributed by atoms with Gasteiger partial charge in [0.15, 0.2) is 5.13 Å². The molecule has 0 bridgehead atoms. The Bertz CT molecular complexity index is 1100. The van der Waals surface area contributed by atoms with E-state index in [1.807, 2.05) is 19.1 Å². The van der Waals surface area contributed by atoms with Crippen LogP contribution in [-0.4, -0.2) is 15.9 Å².